The van der Waals surface area contributed by atoms with Gasteiger partial charge in [-0.25, -0.2) is 4.31 Å². The number of amides is 1. The molecule has 3 aliphatic rings. The van der Waals surface area contributed by atoms with Gasteiger partial charge in [-0.1, -0.05) is 50.1 Å². The molecule has 0 saturated carbocycles. The van der Waals surface area contributed by atoms with Gasteiger partial charge in [-0.15, -0.1) is 0 Å². The number of rotatable bonds is 8. The van der Waals surface area contributed by atoms with Crippen LogP contribution in [0.1, 0.15) is 27.7 Å². The quantitative estimate of drug-likeness (QED) is 0.291. The van der Waals surface area contributed by atoms with Crippen LogP contribution in [0.25, 0.3) is 0 Å². The summed E-state index contributed by atoms with van der Waals surface area (Å²) in [5, 5.41) is 6.71. The van der Waals surface area contributed by atoms with Crippen molar-refractivity contribution in [3.8, 4) is 0 Å². The van der Waals surface area contributed by atoms with Gasteiger partial charge >= 0.3 is 0 Å². The number of amidine groups is 2. The average molecular weight is 517 g/mol. The molecule has 2 bridgehead atoms. The molecule has 198 valence electrons. The maximum atomic E-state index is 13.4. The molecule has 3 heterocycles. The predicted octanol–water partition coefficient (Wildman–Crippen LogP) is 2.72. The van der Waals surface area contributed by atoms with Crippen LogP contribution in [0.4, 0.5) is 0 Å². The number of ether oxygens (including phenoxy) is 2. The molecule has 0 aromatic rings. The standard InChI is InChI=1S/C26H40N6O3S/c1-7-8-10-20-15-27-22-16-31-12-13-32(36-14-9-11-21(35-6)19(4)34-5)17-23(31)29-26(33)24(18(2)3)30-25(20)28-22/h7-11,18,23-24H,12-17H2,1-6H3,(H,29,33)(H,27,28,30)/b8-7-,11-9-,20-10+,21-19-/t23?,24-/m0/s1. The molecule has 10 heteroatoms. The third-order valence-corrected chi connectivity index (χ3v) is 7.31. The van der Waals surface area contributed by atoms with Crippen molar-refractivity contribution in [2.45, 2.75) is 39.9 Å². The van der Waals surface area contributed by atoms with E-state index in [-0.39, 0.29) is 18.0 Å². The molecule has 0 spiro atoms. The van der Waals surface area contributed by atoms with Crippen molar-refractivity contribution < 1.29 is 14.3 Å². The molecule has 3 rings (SSSR count). The molecule has 0 radical (unpaired) electrons. The monoisotopic (exact) mass is 516 g/mol. The van der Waals surface area contributed by atoms with Crippen LogP contribution in [0.15, 0.2) is 57.5 Å². The molecule has 9 nitrogen and oxygen atoms in total. The van der Waals surface area contributed by atoms with E-state index >= 15 is 0 Å². The molecule has 36 heavy (non-hydrogen) atoms. The lowest BCUT2D eigenvalue weighted by atomic mass is 10.0. The Kier molecular flexibility index (Phi) is 10.6. The van der Waals surface area contributed by atoms with E-state index in [1.165, 1.54) is 0 Å². The Morgan fingerprint density at radius 2 is 2.08 bits per heavy atom. The number of nitrogens with zero attached hydrogens (tertiary/aromatic N) is 4. The third-order valence-electron chi connectivity index (χ3n) is 6.28. The first-order valence-corrected chi connectivity index (χ1v) is 13.4. The number of nitrogens with one attached hydrogen (secondary N) is 2. The zero-order valence-corrected chi connectivity index (χ0v) is 23.1. The maximum Gasteiger partial charge on any atom is 0.246 e. The molecule has 1 saturated heterocycles. The zero-order chi connectivity index (χ0) is 26.1. The van der Waals surface area contributed by atoms with Gasteiger partial charge in [0.15, 0.2) is 5.76 Å². The number of hydrogen-bond donors (Lipinski definition) is 2. The number of carbonyl (C=O) groups excluding carboxylic acids is 1. The van der Waals surface area contributed by atoms with Crippen molar-refractivity contribution in [3.63, 3.8) is 0 Å². The van der Waals surface area contributed by atoms with Gasteiger partial charge in [0.1, 0.15) is 23.5 Å². The summed E-state index contributed by atoms with van der Waals surface area (Å²) < 4.78 is 12.9. The van der Waals surface area contributed by atoms with Gasteiger partial charge in [0.25, 0.3) is 0 Å². The lowest BCUT2D eigenvalue weighted by Gasteiger charge is -2.42. The molecule has 2 atom stereocenters. The Morgan fingerprint density at radius 1 is 1.28 bits per heavy atom. The van der Waals surface area contributed by atoms with E-state index in [1.807, 2.05) is 52.0 Å². The molecule has 2 N–H and O–H groups in total. The SMILES string of the molecule is C/C=C\C=C1/CN=C2CN3CCN(SC/C=C\C(OC)=C(/C)OC)CC3NC(=O)[C@H](C(C)C)N=C1N2. The highest BCUT2D eigenvalue weighted by Gasteiger charge is 2.34. The summed E-state index contributed by atoms with van der Waals surface area (Å²) in [5.74, 6) is 3.92. The molecule has 0 aromatic carbocycles. The Morgan fingerprint density at radius 3 is 2.78 bits per heavy atom. The Bertz CT molecular complexity index is 969. The number of allylic oxidation sites excluding steroid dienone is 5. The highest BCUT2D eigenvalue weighted by atomic mass is 32.2. The normalized spacial score (nSPS) is 25.8. The van der Waals surface area contributed by atoms with Crippen LogP contribution in [-0.4, -0.2) is 91.7 Å². The van der Waals surface area contributed by atoms with Crippen molar-refractivity contribution in [2.24, 2.45) is 15.9 Å². The van der Waals surface area contributed by atoms with Crippen molar-refractivity contribution >= 4 is 29.5 Å². The summed E-state index contributed by atoms with van der Waals surface area (Å²) >= 11 is 1.74. The van der Waals surface area contributed by atoms with Crippen LogP contribution in [0, 0.1) is 5.92 Å². The van der Waals surface area contributed by atoms with Gasteiger partial charge in [-0.05, 0) is 25.8 Å². The van der Waals surface area contributed by atoms with E-state index in [1.54, 1.807) is 26.2 Å². The first-order chi connectivity index (χ1) is 17.4. The van der Waals surface area contributed by atoms with Crippen LogP contribution < -0.4 is 10.6 Å². The van der Waals surface area contributed by atoms with Crippen molar-refractivity contribution in [3.05, 3.63) is 47.5 Å². The van der Waals surface area contributed by atoms with Crippen LogP contribution >= 0.6 is 11.9 Å². The maximum absolute atomic E-state index is 13.4. The van der Waals surface area contributed by atoms with Crippen LogP contribution in [-0.2, 0) is 14.3 Å². The number of hydrogen-bond acceptors (Lipinski definition) is 9. The topological polar surface area (TPSA) is 90.8 Å². The van der Waals surface area contributed by atoms with Crippen molar-refractivity contribution in [1.82, 2.24) is 19.8 Å². The van der Waals surface area contributed by atoms with E-state index in [0.29, 0.717) is 18.8 Å². The number of methoxy groups -OCH3 is 2. The minimum Gasteiger partial charge on any atom is -0.498 e. The van der Waals surface area contributed by atoms with E-state index < -0.39 is 6.04 Å². The van der Waals surface area contributed by atoms with Crippen LogP contribution in [0.3, 0.4) is 0 Å². The summed E-state index contributed by atoms with van der Waals surface area (Å²) in [7, 11) is 3.27. The predicted molar refractivity (Wildman–Crippen MR) is 148 cm³/mol. The van der Waals surface area contributed by atoms with Crippen LogP contribution in [0.5, 0.6) is 0 Å². The molecule has 0 aliphatic carbocycles. The fourth-order valence-electron chi connectivity index (χ4n) is 4.12. The average Bonchev–Trinajstić information content (AvgIpc) is 2.87. The smallest absolute Gasteiger partial charge is 0.246 e. The lowest BCUT2D eigenvalue weighted by Crippen LogP contribution is -2.63. The minimum atomic E-state index is -0.477. The summed E-state index contributed by atoms with van der Waals surface area (Å²) in [6, 6.07) is -0.477. The van der Waals surface area contributed by atoms with Gasteiger partial charge in [-0.2, -0.15) is 0 Å². The van der Waals surface area contributed by atoms with Gasteiger partial charge in [0.05, 0.1) is 33.5 Å². The molecular formula is C26H40N6O3S. The first-order valence-electron chi connectivity index (χ1n) is 12.4. The summed E-state index contributed by atoms with van der Waals surface area (Å²) in [4.78, 5) is 25.3. The third kappa shape index (κ3) is 7.47. The van der Waals surface area contributed by atoms with Gasteiger partial charge < -0.3 is 20.1 Å². The number of carbonyl (C=O) groups is 1. The van der Waals surface area contributed by atoms with E-state index in [9.17, 15) is 4.79 Å². The fraction of sp³-hybridized carbons (Fsp3) is 0.577. The molecular weight excluding hydrogens is 476 g/mol. The van der Waals surface area contributed by atoms with Crippen molar-refractivity contribution in [1.29, 1.82) is 0 Å². The van der Waals surface area contributed by atoms with E-state index in [2.05, 4.69) is 25.9 Å². The zero-order valence-electron chi connectivity index (χ0n) is 22.3. The molecule has 1 unspecified atom stereocenters. The van der Waals surface area contributed by atoms with Crippen molar-refractivity contribution in [2.75, 3.05) is 52.7 Å². The highest BCUT2D eigenvalue weighted by molar-refractivity contribution is 7.97. The summed E-state index contributed by atoms with van der Waals surface area (Å²) in [6.45, 7) is 11.6. The molecule has 0 aromatic heterocycles. The molecule has 1 amide bonds. The summed E-state index contributed by atoms with van der Waals surface area (Å²) in [5.41, 5.74) is 0.994. The Hall–Kier alpha value is -2.56. The van der Waals surface area contributed by atoms with Gasteiger partial charge in [-0.3, -0.25) is 19.7 Å². The number of aliphatic imine (C=N–C) groups is 2. The van der Waals surface area contributed by atoms with E-state index in [0.717, 1.165) is 48.4 Å². The second kappa shape index (κ2) is 13.7. The largest absolute Gasteiger partial charge is 0.498 e. The second-order valence-electron chi connectivity index (χ2n) is 9.18. The van der Waals surface area contributed by atoms with Crippen LogP contribution in [0.2, 0.25) is 0 Å². The van der Waals surface area contributed by atoms with E-state index in [4.69, 9.17) is 19.5 Å². The number of piperazine rings is 1. The summed E-state index contributed by atoms with van der Waals surface area (Å²) in [6.07, 6.45) is 9.86. The molecule has 1 fully saturated rings. The minimum absolute atomic E-state index is 0.0395. The first kappa shape index (κ1) is 28.0. The second-order valence-corrected chi connectivity index (χ2v) is 10.3. The lowest BCUT2D eigenvalue weighted by molar-refractivity contribution is -0.125. The number of fused-ring (bicyclic) bond motifs is 3. The van der Waals surface area contributed by atoms with Gasteiger partial charge in [0.2, 0.25) is 5.91 Å². The Labute approximate surface area is 219 Å². The highest BCUT2D eigenvalue weighted by Crippen LogP contribution is 2.20. The van der Waals surface area contributed by atoms with Gasteiger partial charge in [0, 0.05) is 31.0 Å². The Balaban J connectivity index is 1.73. The molecule has 3 aliphatic heterocycles. The fourth-order valence-corrected chi connectivity index (χ4v) is 4.97.